The van der Waals surface area contributed by atoms with Gasteiger partial charge in [0.25, 0.3) is 5.56 Å². The molecule has 8 heteroatoms. The van der Waals surface area contributed by atoms with E-state index in [4.69, 9.17) is 9.97 Å². The molecule has 1 fully saturated rings. The van der Waals surface area contributed by atoms with Gasteiger partial charge in [0.05, 0.1) is 6.54 Å². The molecule has 0 atom stereocenters. The Bertz CT molecular complexity index is 1570. The maximum atomic E-state index is 13.3. The molecular formula is C29H33N7O. The number of pyridine rings is 1. The Balaban J connectivity index is 1.42. The van der Waals surface area contributed by atoms with Crippen LogP contribution in [0.25, 0.3) is 16.9 Å². The summed E-state index contributed by atoms with van der Waals surface area (Å²) in [4.78, 5) is 27.5. The molecule has 190 valence electrons. The van der Waals surface area contributed by atoms with Crippen LogP contribution in [0.1, 0.15) is 56.9 Å². The Morgan fingerprint density at radius 3 is 2.76 bits per heavy atom. The van der Waals surface area contributed by atoms with Gasteiger partial charge in [-0.15, -0.1) is 6.58 Å². The normalized spacial score (nSPS) is 16.4. The number of aromatic nitrogens is 5. The van der Waals surface area contributed by atoms with Gasteiger partial charge in [-0.25, -0.2) is 19.3 Å². The largest absolute Gasteiger partial charge is 0.324 e. The fraction of sp³-hybridized carbons (Fsp3) is 0.379. The van der Waals surface area contributed by atoms with Gasteiger partial charge in [0, 0.05) is 35.1 Å². The SMILES string of the molecule is C=CCn1c(=O)c2cnc(Nc3ccc4c(c3)CCNC43CCC3)nc2n1-c1cccc(C(C)(C)C)n1. The van der Waals surface area contributed by atoms with Crippen molar-refractivity contribution in [1.82, 2.24) is 29.6 Å². The molecule has 0 unspecified atom stereocenters. The average molecular weight is 496 g/mol. The van der Waals surface area contributed by atoms with E-state index in [0.29, 0.717) is 29.3 Å². The van der Waals surface area contributed by atoms with Crippen molar-refractivity contribution in [1.29, 1.82) is 0 Å². The van der Waals surface area contributed by atoms with Gasteiger partial charge in [-0.1, -0.05) is 39.0 Å². The van der Waals surface area contributed by atoms with Crippen LogP contribution in [0.4, 0.5) is 11.6 Å². The Hall–Kier alpha value is -3.78. The monoisotopic (exact) mass is 495 g/mol. The second-order valence-corrected chi connectivity index (χ2v) is 11.2. The van der Waals surface area contributed by atoms with Gasteiger partial charge in [0.1, 0.15) is 5.39 Å². The van der Waals surface area contributed by atoms with Gasteiger partial charge >= 0.3 is 0 Å². The minimum absolute atomic E-state index is 0.135. The lowest BCUT2D eigenvalue weighted by Gasteiger charge is -2.47. The summed E-state index contributed by atoms with van der Waals surface area (Å²) >= 11 is 0. The number of hydrogen-bond donors (Lipinski definition) is 2. The lowest BCUT2D eigenvalue weighted by molar-refractivity contribution is 0.176. The van der Waals surface area contributed by atoms with Gasteiger partial charge in [-0.2, -0.15) is 4.98 Å². The standard InChI is InChI=1S/C29H33N7O/c1-5-16-35-26(37)21-18-30-27(34-25(21)36(35)24-9-6-8-23(33-24)28(2,3)4)32-20-10-11-22-19(17-20)12-15-31-29(22)13-7-14-29/h5-6,8-11,17-18,31H,1,7,12-16H2,2-4H3,(H,30,32,34). The summed E-state index contributed by atoms with van der Waals surface area (Å²) in [5.74, 6) is 1.08. The summed E-state index contributed by atoms with van der Waals surface area (Å²) in [5.41, 5.74) is 5.06. The van der Waals surface area contributed by atoms with Crippen LogP contribution in [-0.4, -0.2) is 30.9 Å². The molecule has 3 aromatic heterocycles. The van der Waals surface area contributed by atoms with Gasteiger partial charge in [-0.05, 0) is 61.1 Å². The first-order valence-corrected chi connectivity index (χ1v) is 13.0. The Morgan fingerprint density at radius 2 is 2.03 bits per heavy atom. The lowest BCUT2D eigenvalue weighted by atomic mass is 9.68. The summed E-state index contributed by atoms with van der Waals surface area (Å²) in [7, 11) is 0. The van der Waals surface area contributed by atoms with Crippen molar-refractivity contribution < 1.29 is 0 Å². The highest BCUT2D eigenvalue weighted by Gasteiger charge is 2.41. The molecule has 0 saturated heterocycles. The number of fused-ring (bicyclic) bond motifs is 3. The van der Waals surface area contributed by atoms with Crippen molar-refractivity contribution in [2.75, 3.05) is 11.9 Å². The molecule has 37 heavy (non-hydrogen) atoms. The minimum Gasteiger partial charge on any atom is -0.324 e. The third-order valence-corrected chi connectivity index (χ3v) is 7.64. The molecule has 4 heterocycles. The molecule has 1 spiro atoms. The van der Waals surface area contributed by atoms with Gasteiger partial charge in [0.2, 0.25) is 5.95 Å². The molecule has 0 bridgehead atoms. The Kier molecular flexibility index (Phi) is 5.53. The zero-order valence-corrected chi connectivity index (χ0v) is 21.7. The molecule has 1 saturated carbocycles. The molecule has 0 radical (unpaired) electrons. The van der Waals surface area contributed by atoms with Crippen molar-refractivity contribution in [3.63, 3.8) is 0 Å². The number of anilines is 2. The maximum Gasteiger partial charge on any atom is 0.278 e. The van der Waals surface area contributed by atoms with Gasteiger partial charge in [0.15, 0.2) is 11.5 Å². The Labute approximate surface area is 216 Å². The van der Waals surface area contributed by atoms with Crippen LogP contribution in [0, 0.1) is 0 Å². The van der Waals surface area contributed by atoms with Gasteiger partial charge < -0.3 is 10.6 Å². The molecule has 6 rings (SSSR count). The fourth-order valence-corrected chi connectivity index (χ4v) is 5.55. The topological polar surface area (TPSA) is 89.7 Å². The average Bonchev–Trinajstić information content (AvgIpc) is 3.13. The number of hydrogen-bond acceptors (Lipinski definition) is 6. The van der Waals surface area contributed by atoms with Crippen molar-refractivity contribution in [3.8, 4) is 5.82 Å². The highest BCUT2D eigenvalue weighted by atomic mass is 16.1. The van der Waals surface area contributed by atoms with Crippen molar-refractivity contribution in [2.24, 2.45) is 0 Å². The van der Waals surface area contributed by atoms with Crippen LogP contribution >= 0.6 is 0 Å². The zero-order valence-electron chi connectivity index (χ0n) is 21.7. The van der Waals surface area contributed by atoms with E-state index in [1.54, 1.807) is 21.6 Å². The minimum atomic E-state index is -0.170. The highest BCUT2D eigenvalue weighted by Crippen LogP contribution is 2.45. The summed E-state index contributed by atoms with van der Waals surface area (Å²) < 4.78 is 3.38. The number of allylic oxidation sites excluding steroid dienone is 1. The quantitative estimate of drug-likeness (QED) is 0.389. The van der Waals surface area contributed by atoms with E-state index in [9.17, 15) is 4.79 Å². The third-order valence-electron chi connectivity index (χ3n) is 7.64. The van der Waals surface area contributed by atoms with E-state index in [0.717, 1.165) is 24.3 Å². The summed E-state index contributed by atoms with van der Waals surface area (Å²) in [6.45, 7) is 11.5. The summed E-state index contributed by atoms with van der Waals surface area (Å²) in [6, 6.07) is 12.4. The molecule has 1 aliphatic carbocycles. The molecule has 8 nitrogen and oxygen atoms in total. The number of nitrogens with one attached hydrogen (secondary N) is 2. The number of rotatable bonds is 5. The molecule has 2 N–H and O–H groups in total. The highest BCUT2D eigenvalue weighted by molar-refractivity contribution is 5.77. The second-order valence-electron chi connectivity index (χ2n) is 11.2. The van der Waals surface area contributed by atoms with Crippen LogP contribution in [0.3, 0.4) is 0 Å². The van der Waals surface area contributed by atoms with Crippen LogP contribution < -0.4 is 16.2 Å². The van der Waals surface area contributed by atoms with Crippen LogP contribution in [0.5, 0.6) is 0 Å². The maximum absolute atomic E-state index is 13.3. The molecular weight excluding hydrogens is 462 g/mol. The Morgan fingerprint density at radius 1 is 1.19 bits per heavy atom. The molecule has 0 amide bonds. The van der Waals surface area contributed by atoms with E-state index < -0.39 is 0 Å². The number of benzene rings is 1. The molecule has 1 aliphatic heterocycles. The third kappa shape index (κ3) is 3.96. The smallest absolute Gasteiger partial charge is 0.278 e. The lowest BCUT2D eigenvalue weighted by Crippen LogP contribution is -2.51. The van der Waals surface area contributed by atoms with E-state index in [1.165, 1.54) is 30.4 Å². The van der Waals surface area contributed by atoms with Crippen molar-refractivity contribution >= 4 is 22.7 Å². The van der Waals surface area contributed by atoms with E-state index >= 15 is 0 Å². The first kappa shape index (κ1) is 23.6. The zero-order chi connectivity index (χ0) is 25.8. The van der Waals surface area contributed by atoms with E-state index in [-0.39, 0.29) is 16.5 Å². The number of nitrogens with zero attached hydrogens (tertiary/aromatic N) is 5. The summed E-state index contributed by atoms with van der Waals surface area (Å²) in [5, 5.41) is 7.56. The molecule has 4 aromatic rings. The molecule has 1 aromatic carbocycles. The first-order valence-electron chi connectivity index (χ1n) is 13.0. The predicted octanol–water partition coefficient (Wildman–Crippen LogP) is 4.73. The first-order chi connectivity index (χ1) is 17.8. The summed E-state index contributed by atoms with van der Waals surface area (Å²) in [6.07, 6.45) is 8.00. The van der Waals surface area contributed by atoms with Crippen LogP contribution in [-0.2, 0) is 23.9 Å². The predicted molar refractivity (Wildman–Crippen MR) is 147 cm³/mol. The van der Waals surface area contributed by atoms with E-state index in [2.05, 4.69) is 61.2 Å². The van der Waals surface area contributed by atoms with Crippen LogP contribution in [0.2, 0.25) is 0 Å². The molecule has 2 aliphatic rings. The van der Waals surface area contributed by atoms with Crippen molar-refractivity contribution in [2.45, 2.75) is 64.0 Å². The van der Waals surface area contributed by atoms with E-state index in [1.807, 2.05) is 18.2 Å². The van der Waals surface area contributed by atoms with Crippen molar-refractivity contribution in [3.05, 3.63) is 82.4 Å². The van der Waals surface area contributed by atoms with Gasteiger partial charge in [-0.3, -0.25) is 4.79 Å². The fourth-order valence-electron chi connectivity index (χ4n) is 5.55. The van der Waals surface area contributed by atoms with Crippen LogP contribution in [0.15, 0.2) is 60.0 Å². The second kappa shape index (κ2) is 8.66.